The van der Waals surface area contributed by atoms with Gasteiger partial charge in [-0.1, -0.05) is 50.7 Å². The maximum absolute atomic E-state index is 12.6. The van der Waals surface area contributed by atoms with E-state index in [0.29, 0.717) is 12.0 Å². The van der Waals surface area contributed by atoms with E-state index in [1.807, 2.05) is 42.6 Å². The quantitative estimate of drug-likeness (QED) is 0.562. The summed E-state index contributed by atoms with van der Waals surface area (Å²) in [6.45, 7) is 0.795. The van der Waals surface area contributed by atoms with Crippen molar-refractivity contribution in [3.8, 4) is 11.4 Å². The Morgan fingerprint density at radius 1 is 0.935 bits per heavy atom. The summed E-state index contributed by atoms with van der Waals surface area (Å²) in [7, 11) is 0. The van der Waals surface area contributed by atoms with Gasteiger partial charge in [0.15, 0.2) is 5.65 Å². The number of hydrogen-bond acceptors (Lipinski definition) is 3. The van der Waals surface area contributed by atoms with Crippen LogP contribution in [0.15, 0.2) is 42.6 Å². The normalized spacial score (nSPS) is 18.3. The predicted molar refractivity (Wildman–Crippen MR) is 124 cm³/mol. The molecule has 0 aliphatic heterocycles. The first kappa shape index (κ1) is 20.2. The van der Waals surface area contributed by atoms with E-state index in [-0.39, 0.29) is 5.91 Å². The number of imidazole rings is 1. The van der Waals surface area contributed by atoms with Gasteiger partial charge in [-0.3, -0.25) is 4.79 Å². The molecule has 2 aliphatic carbocycles. The number of benzene rings is 1. The third kappa shape index (κ3) is 4.36. The summed E-state index contributed by atoms with van der Waals surface area (Å²) in [6, 6.07) is 12.4. The highest BCUT2D eigenvalue weighted by atomic mass is 16.1. The molecular formula is C26H32N4O. The van der Waals surface area contributed by atoms with E-state index in [0.717, 1.165) is 34.7 Å². The third-order valence-corrected chi connectivity index (χ3v) is 7.07. The maximum atomic E-state index is 12.6. The third-order valence-electron chi connectivity index (χ3n) is 7.07. The molecule has 0 radical (unpaired) electrons. The number of hydrogen-bond donors (Lipinski definition) is 1. The fourth-order valence-electron chi connectivity index (χ4n) is 5.32. The van der Waals surface area contributed by atoms with Crippen molar-refractivity contribution >= 4 is 17.1 Å². The number of carbonyl (C=O) groups is 1. The van der Waals surface area contributed by atoms with Crippen molar-refractivity contribution in [2.24, 2.45) is 5.92 Å². The molecule has 3 aromatic rings. The van der Waals surface area contributed by atoms with Crippen molar-refractivity contribution < 1.29 is 4.79 Å². The van der Waals surface area contributed by atoms with Crippen molar-refractivity contribution in [2.75, 3.05) is 6.54 Å². The van der Waals surface area contributed by atoms with Gasteiger partial charge in [0, 0.05) is 29.9 Å². The van der Waals surface area contributed by atoms with Gasteiger partial charge in [0.2, 0.25) is 0 Å². The summed E-state index contributed by atoms with van der Waals surface area (Å²) in [6.07, 6.45) is 14.5. The molecule has 1 N–H and O–H groups in total. The van der Waals surface area contributed by atoms with Gasteiger partial charge in [-0.05, 0) is 55.9 Å². The van der Waals surface area contributed by atoms with E-state index in [1.165, 1.54) is 64.2 Å². The minimum atomic E-state index is 0.0274. The van der Waals surface area contributed by atoms with E-state index in [1.54, 1.807) is 0 Å². The lowest BCUT2D eigenvalue weighted by Crippen LogP contribution is -2.30. The molecule has 162 valence electrons. The average molecular weight is 417 g/mol. The first-order chi connectivity index (χ1) is 15.3. The SMILES string of the molecule is O=C(NCC1CCCCC1)c1ccc(-c2nc3cccnc3n2C2CCCCC2)cc1. The molecule has 0 spiro atoms. The largest absolute Gasteiger partial charge is 0.352 e. The number of aromatic nitrogens is 3. The highest BCUT2D eigenvalue weighted by molar-refractivity contribution is 5.94. The van der Waals surface area contributed by atoms with Crippen LogP contribution in [-0.2, 0) is 0 Å². The van der Waals surface area contributed by atoms with E-state index in [2.05, 4.69) is 14.9 Å². The average Bonchev–Trinajstić information content (AvgIpc) is 3.23. The molecule has 5 heteroatoms. The Morgan fingerprint density at radius 2 is 1.65 bits per heavy atom. The van der Waals surface area contributed by atoms with Crippen molar-refractivity contribution in [1.82, 2.24) is 19.9 Å². The standard InChI is InChI=1S/C26H32N4O/c31-26(28-18-19-8-3-1-4-9-19)21-15-13-20(14-16-21)24-29-23-12-7-17-27-25(23)30(24)22-10-5-2-6-11-22/h7,12-17,19,22H,1-6,8-11,18H2,(H,28,31). The fourth-order valence-corrected chi connectivity index (χ4v) is 5.32. The minimum Gasteiger partial charge on any atom is -0.352 e. The second kappa shape index (κ2) is 9.21. The van der Waals surface area contributed by atoms with Crippen molar-refractivity contribution in [1.29, 1.82) is 0 Å². The minimum absolute atomic E-state index is 0.0274. The van der Waals surface area contributed by atoms with Crippen molar-refractivity contribution in [3.63, 3.8) is 0 Å². The van der Waals surface area contributed by atoms with Gasteiger partial charge in [-0.15, -0.1) is 0 Å². The summed E-state index contributed by atoms with van der Waals surface area (Å²) in [4.78, 5) is 22.2. The van der Waals surface area contributed by atoms with Crippen LogP contribution in [0.3, 0.4) is 0 Å². The molecule has 1 aromatic carbocycles. The van der Waals surface area contributed by atoms with Crippen LogP contribution in [0.25, 0.3) is 22.6 Å². The predicted octanol–water partition coefficient (Wildman–Crippen LogP) is 5.91. The molecule has 5 nitrogen and oxygen atoms in total. The summed E-state index contributed by atoms with van der Waals surface area (Å²) >= 11 is 0. The number of amides is 1. The number of fused-ring (bicyclic) bond motifs is 1. The van der Waals surface area contributed by atoms with Crippen LogP contribution in [0.1, 0.15) is 80.6 Å². The summed E-state index contributed by atoms with van der Waals surface area (Å²) in [5, 5.41) is 3.14. The molecule has 0 unspecified atom stereocenters. The van der Waals surface area contributed by atoms with Crippen molar-refractivity contribution in [3.05, 3.63) is 48.2 Å². The monoisotopic (exact) mass is 416 g/mol. The molecule has 5 rings (SSSR count). The molecule has 2 aliphatic rings. The highest BCUT2D eigenvalue weighted by Crippen LogP contribution is 2.35. The second-order valence-electron chi connectivity index (χ2n) is 9.23. The van der Waals surface area contributed by atoms with Crippen molar-refractivity contribution in [2.45, 2.75) is 70.3 Å². The van der Waals surface area contributed by atoms with Crippen LogP contribution in [0.5, 0.6) is 0 Å². The summed E-state index contributed by atoms with van der Waals surface area (Å²) in [5.41, 5.74) is 3.68. The van der Waals surface area contributed by atoms with E-state index >= 15 is 0 Å². The Hall–Kier alpha value is -2.69. The zero-order valence-corrected chi connectivity index (χ0v) is 18.2. The lowest BCUT2D eigenvalue weighted by molar-refractivity contribution is 0.0943. The van der Waals surface area contributed by atoms with Gasteiger partial charge in [-0.2, -0.15) is 0 Å². The number of carbonyl (C=O) groups excluding carboxylic acids is 1. The lowest BCUT2D eigenvalue weighted by atomic mass is 9.89. The molecule has 31 heavy (non-hydrogen) atoms. The van der Waals surface area contributed by atoms with Gasteiger partial charge in [-0.25, -0.2) is 9.97 Å². The Balaban J connectivity index is 1.37. The Bertz CT molecular complexity index is 1030. The second-order valence-corrected chi connectivity index (χ2v) is 9.23. The zero-order chi connectivity index (χ0) is 21.0. The molecule has 2 saturated carbocycles. The molecular weight excluding hydrogens is 384 g/mol. The van der Waals surface area contributed by atoms with Crippen LogP contribution in [-0.4, -0.2) is 27.0 Å². The zero-order valence-electron chi connectivity index (χ0n) is 18.2. The molecule has 0 atom stereocenters. The fraction of sp³-hybridized carbons (Fsp3) is 0.500. The lowest BCUT2D eigenvalue weighted by Gasteiger charge is -2.25. The topological polar surface area (TPSA) is 59.8 Å². The van der Waals surface area contributed by atoms with Crippen LogP contribution in [0.4, 0.5) is 0 Å². The van der Waals surface area contributed by atoms with Gasteiger partial charge >= 0.3 is 0 Å². The first-order valence-electron chi connectivity index (χ1n) is 12.0. The first-order valence-corrected chi connectivity index (χ1v) is 12.0. The Morgan fingerprint density at radius 3 is 2.39 bits per heavy atom. The van der Waals surface area contributed by atoms with Crippen LogP contribution in [0, 0.1) is 5.92 Å². The molecule has 2 heterocycles. The summed E-state index contributed by atoms with van der Waals surface area (Å²) in [5.74, 6) is 1.63. The van der Waals surface area contributed by atoms with E-state index in [9.17, 15) is 4.79 Å². The number of pyridine rings is 1. The smallest absolute Gasteiger partial charge is 0.251 e. The van der Waals surface area contributed by atoms with Gasteiger partial charge in [0.25, 0.3) is 5.91 Å². The van der Waals surface area contributed by atoms with Crippen LogP contribution in [0.2, 0.25) is 0 Å². The Labute approximate surface area is 184 Å². The van der Waals surface area contributed by atoms with Crippen LogP contribution >= 0.6 is 0 Å². The number of nitrogens with zero attached hydrogens (tertiary/aromatic N) is 3. The van der Waals surface area contributed by atoms with Gasteiger partial charge in [0.1, 0.15) is 11.3 Å². The maximum Gasteiger partial charge on any atom is 0.251 e. The molecule has 0 bridgehead atoms. The Kier molecular flexibility index (Phi) is 6.01. The molecule has 2 fully saturated rings. The van der Waals surface area contributed by atoms with Crippen LogP contribution < -0.4 is 5.32 Å². The number of nitrogens with one attached hydrogen (secondary N) is 1. The van der Waals surface area contributed by atoms with E-state index in [4.69, 9.17) is 4.98 Å². The van der Waals surface area contributed by atoms with Gasteiger partial charge in [0.05, 0.1) is 0 Å². The van der Waals surface area contributed by atoms with E-state index < -0.39 is 0 Å². The molecule has 1 amide bonds. The summed E-state index contributed by atoms with van der Waals surface area (Å²) < 4.78 is 2.34. The number of rotatable bonds is 5. The molecule has 2 aromatic heterocycles. The highest BCUT2D eigenvalue weighted by Gasteiger charge is 2.23. The molecule has 0 saturated heterocycles. The van der Waals surface area contributed by atoms with Gasteiger partial charge < -0.3 is 9.88 Å².